The Morgan fingerprint density at radius 2 is 2.07 bits per heavy atom. The average molecular weight is 205 g/mol. The zero-order valence-corrected chi connectivity index (χ0v) is 8.66. The number of halogens is 1. The van der Waals surface area contributed by atoms with E-state index in [1.165, 1.54) is 6.07 Å². The van der Waals surface area contributed by atoms with Crippen LogP contribution in [0.5, 0.6) is 0 Å². The smallest absolute Gasteiger partial charge is 0.146 e. The van der Waals surface area contributed by atoms with Gasteiger partial charge >= 0.3 is 0 Å². The molecule has 4 heteroatoms. The maximum atomic E-state index is 13.3. The molecule has 0 radical (unpaired) electrons. The zero-order chi connectivity index (χ0) is 11.0. The van der Waals surface area contributed by atoms with Gasteiger partial charge in [0.15, 0.2) is 0 Å². The van der Waals surface area contributed by atoms with E-state index in [9.17, 15) is 4.39 Å². The number of hydrogen-bond acceptors (Lipinski definition) is 2. The molecule has 0 spiro atoms. The summed E-state index contributed by atoms with van der Waals surface area (Å²) in [5.41, 5.74) is 8.39. The molecule has 0 saturated heterocycles. The Morgan fingerprint density at radius 3 is 2.67 bits per heavy atom. The molecule has 1 aromatic carbocycles. The molecule has 0 unspecified atom stereocenters. The SMILES string of the molecule is Cc1c(-c2cccc(F)c2N)cnn1C. The summed E-state index contributed by atoms with van der Waals surface area (Å²) in [5.74, 6) is -0.393. The summed E-state index contributed by atoms with van der Waals surface area (Å²) in [6.45, 7) is 1.92. The van der Waals surface area contributed by atoms with Crippen LogP contribution in [0.3, 0.4) is 0 Å². The Hall–Kier alpha value is -1.84. The Balaban J connectivity index is 2.64. The van der Waals surface area contributed by atoms with E-state index in [4.69, 9.17) is 5.73 Å². The van der Waals surface area contributed by atoms with Crippen LogP contribution in [-0.4, -0.2) is 9.78 Å². The van der Waals surface area contributed by atoms with Crippen molar-refractivity contribution in [1.29, 1.82) is 0 Å². The summed E-state index contributed by atoms with van der Waals surface area (Å²) >= 11 is 0. The molecular formula is C11H12FN3. The number of nitrogens with two attached hydrogens (primary N) is 1. The molecule has 2 N–H and O–H groups in total. The number of anilines is 1. The molecule has 0 saturated carbocycles. The van der Waals surface area contributed by atoms with E-state index in [0.29, 0.717) is 5.56 Å². The molecule has 0 aliphatic rings. The summed E-state index contributed by atoms with van der Waals surface area (Å²) in [6.07, 6.45) is 1.69. The van der Waals surface area contributed by atoms with Crippen molar-refractivity contribution in [2.45, 2.75) is 6.92 Å². The quantitative estimate of drug-likeness (QED) is 0.725. The van der Waals surface area contributed by atoms with Gasteiger partial charge in [-0.25, -0.2) is 4.39 Å². The van der Waals surface area contributed by atoms with Crippen LogP contribution in [0.1, 0.15) is 5.69 Å². The molecule has 0 bridgehead atoms. The van der Waals surface area contributed by atoms with Crippen molar-refractivity contribution in [3.63, 3.8) is 0 Å². The zero-order valence-electron chi connectivity index (χ0n) is 8.66. The van der Waals surface area contributed by atoms with Crippen LogP contribution in [0.2, 0.25) is 0 Å². The van der Waals surface area contributed by atoms with Crippen LogP contribution < -0.4 is 5.73 Å². The number of rotatable bonds is 1. The highest BCUT2D eigenvalue weighted by molar-refractivity contribution is 5.77. The van der Waals surface area contributed by atoms with Gasteiger partial charge in [0.1, 0.15) is 5.82 Å². The second-order valence-corrected chi connectivity index (χ2v) is 3.47. The highest BCUT2D eigenvalue weighted by Crippen LogP contribution is 2.29. The van der Waals surface area contributed by atoms with Crippen molar-refractivity contribution in [3.8, 4) is 11.1 Å². The van der Waals surface area contributed by atoms with Crippen molar-refractivity contribution < 1.29 is 4.39 Å². The Bertz CT molecular complexity index is 503. The monoisotopic (exact) mass is 205 g/mol. The molecule has 2 aromatic rings. The third kappa shape index (κ3) is 1.48. The topological polar surface area (TPSA) is 43.8 Å². The number of aromatic nitrogens is 2. The molecule has 0 amide bonds. The maximum Gasteiger partial charge on any atom is 0.146 e. The highest BCUT2D eigenvalue weighted by atomic mass is 19.1. The Labute approximate surface area is 87.3 Å². The number of para-hydroxylation sites is 1. The normalized spacial score (nSPS) is 10.6. The van der Waals surface area contributed by atoms with Crippen LogP contribution in [0.15, 0.2) is 24.4 Å². The van der Waals surface area contributed by atoms with E-state index in [1.807, 2.05) is 14.0 Å². The first-order valence-corrected chi connectivity index (χ1v) is 4.64. The fourth-order valence-corrected chi connectivity index (χ4v) is 1.54. The molecule has 0 fully saturated rings. The van der Waals surface area contributed by atoms with Crippen LogP contribution in [0.25, 0.3) is 11.1 Å². The number of nitrogen functional groups attached to an aromatic ring is 1. The standard InChI is InChI=1S/C11H12FN3/c1-7-9(6-14-15(7)2)8-4-3-5-10(12)11(8)13/h3-6H,13H2,1-2H3. The van der Waals surface area contributed by atoms with Crippen molar-refractivity contribution in [2.24, 2.45) is 7.05 Å². The Kier molecular flexibility index (Phi) is 2.19. The molecule has 78 valence electrons. The predicted molar refractivity (Wildman–Crippen MR) is 57.8 cm³/mol. The lowest BCUT2D eigenvalue weighted by Gasteiger charge is -2.05. The second-order valence-electron chi connectivity index (χ2n) is 3.47. The molecule has 3 nitrogen and oxygen atoms in total. The Morgan fingerprint density at radius 1 is 1.33 bits per heavy atom. The van der Waals surface area contributed by atoms with E-state index in [-0.39, 0.29) is 5.69 Å². The second kappa shape index (κ2) is 3.38. The molecule has 0 aliphatic heterocycles. The summed E-state index contributed by atoms with van der Waals surface area (Å²) in [6, 6.07) is 4.79. The summed E-state index contributed by atoms with van der Waals surface area (Å²) in [7, 11) is 1.84. The number of aryl methyl sites for hydroxylation is 1. The van der Waals surface area contributed by atoms with E-state index >= 15 is 0 Å². The van der Waals surface area contributed by atoms with Gasteiger partial charge in [0.2, 0.25) is 0 Å². The van der Waals surface area contributed by atoms with E-state index in [1.54, 1.807) is 23.0 Å². The van der Waals surface area contributed by atoms with Crippen molar-refractivity contribution in [3.05, 3.63) is 35.9 Å². The fraction of sp³-hybridized carbons (Fsp3) is 0.182. The van der Waals surface area contributed by atoms with Gasteiger partial charge in [-0.1, -0.05) is 12.1 Å². The molecular weight excluding hydrogens is 193 g/mol. The first kappa shape index (κ1) is 9.71. The van der Waals surface area contributed by atoms with Crippen molar-refractivity contribution >= 4 is 5.69 Å². The first-order valence-electron chi connectivity index (χ1n) is 4.64. The lowest BCUT2D eigenvalue weighted by Crippen LogP contribution is -1.96. The third-order valence-electron chi connectivity index (χ3n) is 2.58. The van der Waals surface area contributed by atoms with Crippen LogP contribution in [-0.2, 0) is 7.05 Å². The molecule has 0 atom stereocenters. The van der Waals surface area contributed by atoms with E-state index in [0.717, 1.165) is 11.3 Å². The molecule has 15 heavy (non-hydrogen) atoms. The van der Waals surface area contributed by atoms with Crippen molar-refractivity contribution in [1.82, 2.24) is 9.78 Å². The van der Waals surface area contributed by atoms with Gasteiger partial charge in [-0.2, -0.15) is 5.10 Å². The molecule has 0 aliphatic carbocycles. The third-order valence-corrected chi connectivity index (χ3v) is 2.58. The average Bonchev–Trinajstić information content (AvgIpc) is 2.53. The molecule has 2 rings (SSSR count). The van der Waals surface area contributed by atoms with Gasteiger partial charge in [-0.15, -0.1) is 0 Å². The van der Waals surface area contributed by atoms with Gasteiger partial charge in [-0.3, -0.25) is 4.68 Å². The number of hydrogen-bond donors (Lipinski definition) is 1. The predicted octanol–water partition coefficient (Wildman–Crippen LogP) is 2.12. The number of nitrogens with zero attached hydrogens (tertiary/aromatic N) is 2. The van der Waals surface area contributed by atoms with Gasteiger partial charge < -0.3 is 5.73 Å². The minimum absolute atomic E-state index is 0.175. The fourth-order valence-electron chi connectivity index (χ4n) is 1.54. The minimum atomic E-state index is -0.393. The lowest BCUT2D eigenvalue weighted by atomic mass is 10.0. The van der Waals surface area contributed by atoms with E-state index < -0.39 is 5.82 Å². The highest BCUT2D eigenvalue weighted by Gasteiger charge is 2.11. The van der Waals surface area contributed by atoms with E-state index in [2.05, 4.69) is 5.10 Å². The molecule has 1 aromatic heterocycles. The largest absolute Gasteiger partial charge is 0.396 e. The van der Waals surface area contributed by atoms with Crippen LogP contribution in [0, 0.1) is 12.7 Å². The van der Waals surface area contributed by atoms with Crippen LogP contribution in [0.4, 0.5) is 10.1 Å². The minimum Gasteiger partial charge on any atom is -0.396 e. The van der Waals surface area contributed by atoms with Gasteiger partial charge in [0.05, 0.1) is 11.9 Å². The first-order chi connectivity index (χ1) is 7.11. The van der Waals surface area contributed by atoms with Crippen LogP contribution >= 0.6 is 0 Å². The lowest BCUT2D eigenvalue weighted by molar-refractivity contribution is 0.633. The molecule has 1 heterocycles. The summed E-state index contributed by atoms with van der Waals surface area (Å²) < 4.78 is 15.0. The maximum absolute atomic E-state index is 13.3. The summed E-state index contributed by atoms with van der Waals surface area (Å²) in [4.78, 5) is 0. The number of benzene rings is 1. The van der Waals surface area contributed by atoms with Gasteiger partial charge in [-0.05, 0) is 13.0 Å². The van der Waals surface area contributed by atoms with Crippen molar-refractivity contribution in [2.75, 3.05) is 5.73 Å². The summed E-state index contributed by atoms with van der Waals surface area (Å²) in [5, 5.41) is 4.10. The van der Waals surface area contributed by atoms with Gasteiger partial charge in [0.25, 0.3) is 0 Å². The van der Waals surface area contributed by atoms with Gasteiger partial charge in [0, 0.05) is 23.9 Å².